The molecular formula is C24H38O5Si. The molecule has 0 bridgehead atoms. The van der Waals surface area contributed by atoms with Gasteiger partial charge in [0.2, 0.25) is 0 Å². The first kappa shape index (κ1) is 26.1. The highest BCUT2D eigenvalue weighted by atomic mass is 28.4. The summed E-state index contributed by atoms with van der Waals surface area (Å²) in [4.78, 5) is 25.0. The van der Waals surface area contributed by atoms with Gasteiger partial charge in [0.1, 0.15) is 17.3 Å². The fourth-order valence-corrected chi connectivity index (χ4v) is 4.31. The fourth-order valence-electron chi connectivity index (χ4n) is 3.22. The number of carbonyl (C=O) groups excluding carboxylic acids is 2. The van der Waals surface area contributed by atoms with Crippen LogP contribution in [0.2, 0.25) is 18.1 Å². The Morgan fingerprint density at radius 3 is 2.33 bits per heavy atom. The molecule has 1 aromatic rings. The van der Waals surface area contributed by atoms with E-state index in [2.05, 4.69) is 40.4 Å². The van der Waals surface area contributed by atoms with Gasteiger partial charge in [-0.15, -0.1) is 6.58 Å². The molecule has 0 aliphatic heterocycles. The van der Waals surface area contributed by atoms with Crippen molar-refractivity contribution in [3.8, 4) is 11.5 Å². The van der Waals surface area contributed by atoms with E-state index in [4.69, 9.17) is 13.9 Å². The Balaban J connectivity index is 3.08. The molecule has 0 heterocycles. The van der Waals surface area contributed by atoms with E-state index in [1.165, 1.54) is 7.11 Å². The van der Waals surface area contributed by atoms with Crippen LogP contribution in [0.1, 0.15) is 67.4 Å². The second kappa shape index (κ2) is 10.9. The summed E-state index contributed by atoms with van der Waals surface area (Å²) in [6.45, 7) is 17.2. The fraction of sp³-hybridized carbons (Fsp3) is 0.583. The minimum absolute atomic E-state index is 0.0600. The third-order valence-corrected chi connectivity index (χ3v) is 10.6. The topological polar surface area (TPSA) is 61.8 Å². The lowest BCUT2D eigenvalue weighted by Gasteiger charge is -2.36. The van der Waals surface area contributed by atoms with Crippen molar-refractivity contribution in [2.75, 3.05) is 20.8 Å². The van der Waals surface area contributed by atoms with Crippen molar-refractivity contribution in [1.82, 2.24) is 0 Å². The van der Waals surface area contributed by atoms with Crippen LogP contribution in [-0.2, 0) is 9.22 Å². The Labute approximate surface area is 182 Å². The predicted molar refractivity (Wildman–Crippen MR) is 125 cm³/mol. The van der Waals surface area contributed by atoms with Gasteiger partial charge < -0.3 is 13.9 Å². The summed E-state index contributed by atoms with van der Waals surface area (Å²) in [5.41, 5.74) is 1.76. The highest BCUT2D eigenvalue weighted by Gasteiger charge is 2.37. The number of rotatable bonds is 12. The molecule has 0 saturated carbocycles. The molecule has 30 heavy (non-hydrogen) atoms. The molecule has 0 saturated heterocycles. The Morgan fingerprint density at radius 1 is 1.23 bits per heavy atom. The van der Waals surface area contributed by atoms with E-state index >= 15 is 0 Å². The number of hydrogen-bond acceptors (Lipinski definition) is 5. The number of ketones is 1. The molecule has 1 unspecified atom stereocenters. The molecule has 0 fully saturated rings. The van der Waals surface area contributed by atoms with Gasteiger partial charge in [-0.25, -0.2) is 0 Å². The molecule has 0 spiro atoms. The summed E-state index contributed by atoms with van der Waals surface area (Å²) in [7, 11) is 1.24. The molecule has 1 rings (SSSR count). The second-order valence-electron chi connectivity index (χ2n) is 9.11. The predicted octanol–water partition coefficient (Wildman–Crippen LogP) is 5.86. The SMILES string of the molecule is C=CCC(C(=O)CCCO[Si](C)(C)C(C)(C)C)c1cc(OC)c(C)c(OC)c1C=O. The van der Waals surface area contributed by atoms with Crippen LogP contribution in [0.15, 0.2) is 18.7 Å². The Bertz CT molecular complexity index is 762. The number of methoxy groups -OCH3 is 2. The largest absolute Gasteiger partial charge is 0.496 e. The van der Waals surface area contributed by atoms with Gasteiger partial charge in [0.15, 0.2) is 14.6 Å². The van der Waals surface area contributed by atoms with Crippen molar-refractivity contribution in [1.29, 1.82) is 0 Å². The molecular weight excluding hydrogens is 396 g/mol. The number of aldehydes is 1. The third-order valence-electron chi connectivity index (χ3n) is 6.10. The first-order chi connectivity index (χ1) is 13.9. The van der Waals surface area contributed by atoms with Crippen LogP contribution in [-0.4, -0.2) is 41.2 Å². The van der Waals surface area contributed by atoms with Crippen LogP contribution in [0, 0.1) is 6.92 Å². The van der Waals surface area contributed by atoms with Crippen LogP contribution in [0.5, 0.6) is 11.5 Å². The second-order valence-corrected chi connectivity index (χ2v) is 13.9. The molecule has 1 atom stereocenters. The van der Waals surface area contributed by atoms with Crippen molar-refractivity contribution in [3.63, 3.8) is 0 Å². The van der Waals surface area contributed by atoms with E-state index in [0.717, 1.165) is 11.8 Å². The first-order valence-corrected chi connectivity index (χ1v) is 13.3. The van der Waals surface area contributed by atoms with Gasteiger partial charge in [-0.3, -0.25) is 9.59 Å². The van der Waals surface area contributed by atoms with Gasteiger partial charge in [0.05, 0.1) is 19.8 Å². The number of ether oxygens (including phenoxy) is 2. The third kappa shape index (κ3) is 6.05. The molecule has 0 N–H and O–H groups in total. The van der Waals surface area contributed by atoms with E-state index in [1.54, 1.807) is 19.3 Å². The summed E-state index contributed by atoms with van der Waals surface area (Å²) >= 11 is 0. The van der Waals surface area contributed by atoms with Gasteiger partial charge in [-0.2, -0.15) is 0 Å². The van der Waals surface area contributed by atoms with Crippen molar-refractivity contribution in [3.05, 3.63) is 35.4 Å². The lowest BCUT2D eigenvalue weighted by Crippen LogP contribution is -2.41. The molecule has 0 amide bonds. The maximum Gasteiger partial charge on any atom is 0.191 e. The van der Waals surface area contributed by atoms with Crippen molar-refractivity contribution >= 4 is 20.4 Å². The van der Waals surface area contributed by atoms with E-state index in [1.807, 2.05) is 6.92 Å². The molecule has 1 aromatic carbocycles. The van der Waals surface area contributed by atoms with Crippen LogP contribution >= 0.6 is 0 Å². The van der Waals surface area contributed by atoms with E-state index in [-0.39, 0.29) is 10.8 Å². The van der Waals surface area contributed by atoms with Crippen LogP contribution in [0.25, 0.3) is 0 Å². The highest BCUT2D eigenvalue weighted by Crippen LogP contribution is 2.39. The van der Waals surface area contributed by atoms with E-state index < -0.39 is 14.2 Å². The number of hydrogen-bond donors (Lipinski definition) is 0. The summed E-state index contributed by atoms with van der Waals surface area (Å²) in [5.74, 6) is 0.627. The Hall–Kier alpha value is -1.92. The smallest absolute Gasteiger partial charge is 0.191 e. The van der Waals surface area contributed by atoms with Gasteiger partial charge in [-0.1, -0.05) is 26.8 Å². The minimum atomic E-state index is -1.84. The molecule has 6 heteroatoms. The summed E-state index contributed by atoms with van der Waals surface area (Å²) in [6, 6.07) is 1.78. The lowest BCUT2D eigenvalue weighted by atomic mass is 9.85. The quantitative estimate of drug-likeness (QED) is 0.179. The Kier molecular flexibility index (Phi) is 9.50. The van der Waals surface area contributed by atoms with Crippen LogP contribution in [0.4, 0.5) is 0 Å². The maximum absolute atomic E-state index is 13.1. The van der Waals surface area contributed by atoms with Gasteiger partial charge in [-0.05, 0) is 49.5 Å². The van der Waals surface area contributed by atoms with Gasteiger partial charge >= 0.3 is 0 Å². The molecule has 5 nitrogen and oxygen atoms in total. The lowest BCUT2D eigenvalue weighted by molar-refractivity contribution is -0.120. The molecule has 0 aliphatic rings. The van der Waals surface area contributed by atoms with Crippen molar-refractivity contribution < 1.29 is 23.5 Å². The Morgan fingerprint density at radius 2 is 1.87 bits per heavy atom. The molecule has 0 aromatic heterocycles. The number of carbonyl (C=O) groups is 2. The monoisotopic (exact) mass is 434 g/mol. The van der Waals surface area contributed by atoms with Crippen LogP contribution in [0.3, 0.4) is 0 Å². The number of allylic oxidation sites excluding steroid dienone is 1. The molecule has 0 aliphatic carbocycles. The number of Topliss-reactive ketones (excluding diaryl/α,β-unsaturated/α-hetero) is 1. The van der Waals surface area contributed by atoms with Crippen molar-refractivity contribution in [2.45, 2.75) is 71.0 Å². The first-order valence-electron chi connectivity index (χ1n) is 10.4. The van der Waals surface area contributed by atoms with Crippen LogP contribution < -0.4 is 9.47 Å². The molecule has 168 valence electrons. The van der Waals surface area contributed by atoms with Gasteiger partial charge in [0.25, 0.3) is 0 Å². The standard InChI is InChI=1S/C24H38O5Si/c1-10-12-18(21(26)13-11-14-29-30(8,9)24(3,4)5)19-15-22(27-6)17(2)23(28-7)20(19)16-25/h10,15-16,18H,1,11-14H2,2-9H3. The highest BCUT2D eigenvalue weighted by molar-refractivity contribution is 6.74. The van der Waals surface area contributed by atoms with E-state index in [9.17, 15) is 9.59 Å². The summed E-state index contributed by atoms with van der Waals surface area (Å²) < 4.78 is 17.1. The zero-order valence-corrected chi connectivity index (χ0v) is 20.9. The minimum Gasteiger partial charge on any atom is -0.496 e. The number of benzene rings is 1. The van der Waals surface area contributed by atoms with Crippen molar-refractivity contribution in [2.24, 2.45) is 0 Å². The average molecular weight is 435 g/mol. The normalized spacial score (nSPS) is 12.9. The zero-order chi connectivity index (χ0) is 23.1. The molecule has 0 radical (unpaired) electrons. The summed E-state index contributed by atoms with van der Waals surface area (Å²) in [6.07, 6.45) is 3.93. The average Bonchev–Trinajstić information content (AvgIpc) is 2.68. The van der Waals surface area contributed by atoms with Gasteiger partial charge in [0, 0.05) is 24.5 Å². The van der Waals surface area contributed by atoms with E-state index in [0.29, 0.717) is 48.5 Å². The zero-order valence-electron chi connectivity index (χ0n) is 19.9. The summed E-state index contributed by atoms with van der Waals surface area (Å²) in [5, 5.41) is 0.135. The maximum atomic E-state index is 13.1.